The van der Waals surface area contributed by atoms with Crippen molar-refractivity contribution in [3.63, 3.8) is 0 Å². The molecule has 2 saturated heterocycles. The van der Waals surface area contributed by atoms with Crippen molar-refractivity contribution in [1.29, 1.82) is 0 Å². The molecule has 76 valence electrons. The summed E-state index contributed by atoms with van der Waals surface area (Å²) in [4.78, 5) is 0. The van der Waals surface area contributed by atoms with Crippen molar-refractivity contribution in [3.8, 4) is 0 Å². The number of thioether (sulfide) groups is 1. The van der Waals surface area contributed by atoms with Crippen molar-refractivity contribution >= 4 is 11.8 Å². The molecule has 0 aliphatic carbocycles. The Labute approximate surface area is 84.6 Å². The molecule has 2 rings (SSSR count). The van der Waals surface area contributed by atoms with Crippen LogP contribution >= 0.6 is 11.8 Å². The fraction of sp³-hybridized carbons (Fsp3) is 1.00. The van der Waals surface area contributed by atoms with Gasteiger partial charge < -0.3 is 10.5 Å². The van der Waals surface area contributed by atoms with Crippen molar-refractivity contribution in [2.45, 2.75) is 49.5 Å². The van der Waals surface area contributed by atoms with Crippen LogP contribution < -0.4 is 5.73 Å². The number of ether oxygens (including phenoxy) is 1. The van der Waals surface area contributed by atoms with E-state index in [9.17, 15) is 0 Å². The predicted octanol–water partition coefficient (Wildman–Crippen LogP) is 1.78. The lowest BCUT2D eigenvalue weighted by atomic mass is 9.89. The molecule has 0 amide bonds. The molecular formula is C10H19NOS. The van der Waals surface area contributed by atoms with Gasteiger partial charge in [0.25, 0.3) is 0 Å². The van der Waals surface area contributed by atoms with Crippen LogP contribution in [0, 0.1) is 0 Å². The summed E-state index contributed by atoms with van der Waals surface area (Å²) < 4.78 is 6.14. The lowest BCUT2D eigenvalue weighted by Crippen LogP contribution is -2.51. The zero-order chi connectivity index (χ0) is 9.31. The van der Waals surface area contributed by atoms with E-state index in [1.165, 1.54) is 18.6 Å². The van der Waals surface area contributed by atoms with Crippen molar-refractivity contribution in [2.75, 3.05) is 12.4 Å². The zero-order valence-electron chi connectivity index (χ0n) is 8.29. The third kappa shape index (κ3) is 1.88. The fourth-order valence-electron chi connectivity index (χ4n) is 2.46. The number of nitrogens with two attached hydrogens (primary N) is 1. The number of hydrogen-bond acceptors (Lipinski definition) is 3. The largest absolute Gasteiger partial charge is 0.375 e. The molecule has 0 bridgehead atoms. The van der Waals surface area contributed by atoms with Crippen LogP contribution in [0.5, 0.6) is 0 Å². The summed E-state index contributed by atoms with van der Waals surface area (Å²) in [5, 5.41) is 0. The zero-order valence-corrected chi connectivity index (χ0v) is 9.11. The molecule has 2 aliphatic rings. The van der Waals surface area contributed by atoms with E-state index in [4.69, 9.17) is 10.5 Å². The van der Waals surface area contributed by atoms with Gasteiger partial charge in [0.1, 0.15) is 0 Å². The summed E-state index contributed by atoms with van der Waals surface area (Å²) in [6.45, 7) is 3.23. The summed E-state index contributed by atoms with van der Waals surface area (Å²) in [6, 6.07) is 0.268. The quantitative estimate of drug-likeness (QED) is 0.702. The minimum absolute atomic E-state index is 0.268. The summed E-state index contributed by atoms with van der Waals surface area (Å²) in [6.07, 6.45) is 5.18. The van der Waals surface area contributed by atoms with Gasteiger partial charge in [0.15, 0.2) is 0 Å². The Morgan fingerprint density at radius 3 is 2.92 bits per heavy atom. The lowest BCUT2D eigenvalue weighted by Gasteiger charge is -2.39. The second-order valence-electron chi connectivity index (χ2n) is 4.36. The maximum atomic E-state index is 6.11. The molecule has 2 N–H and O–H groups in total. The highest BCUT2D eigenvalue weighted by Gasteiger charge is 2.42. The first-order valence-corrected chi connectivity index (χ1v) is 6.22. The second-order valence-corrected chi connectivity index (χ2v) is 5.99. The number of hydrogen-bond donors (Lipinski definition) is 1. The molecule has 13 heavy (non-hydrogen) atoms. The first kappa shape index (κ1) is 9.81. The molecule has 2 heterocycles. The maximum absolute atomic E-state index is 6.11. The number of rotatable bonds is 1. The Morgan fingerprint density at radius 1 is 1.46 bits per heavy atom. The molecule has 2 fully saturated rings. The van der Waals surface area contributed by atoms with Gasteiger partial charge in [-0.05, 0) is 38.4 Å². The SMILES string of the molecule is CC1(C2OCCCC2N)CCCS1. The van der Waals surface area contributed by atoms with E-state index < -0.39 is 0 Å². The van der Waals surface area contributed by atoms with Crippen LogP contribution in [0.4, 0.5) is 0 Å². The summed E-state index contributed by atoms with van der Waals surface area (Å²) in [5.74, 6) is 1.28. The Hall–Kier alpha value is 0.270. The van der Waals surface area contributed by atoms with Gasteiger partial charge in [-0.2, -0.15) is 11.8 Å². The minimum atomic E-state index is 0.268. The molecule has 0 aromatic heterocycles. The average molecular weight is 201 g/mol. The summed E-state index contributed by atoms with van der Waals surface area (Å²) >= 11 is 2.05. The average Bonchev–Trinajstić information content (AvgIpc) is 2.54. The van der Waals surface area contributed by atoms with Gasteiger partial charge in [0.2, 0.25) is 0 Å². The van der Waals surface area contributed by atoms with E-state index in [1.807, 2.05) is 11.8 Å². The van der Waals surface area contributed by atoms with E-state index >= 15 is 0 Å². The topological polar surface area (TPSA) is 35.2 Å². The standard InChI is InChI=1S/C10H19NOS/c1-10(5-3-7-13-10)9-8(11)4-2-6-12-9/h8-9H,2-7,11H2,1H3. The smallest absolute Gasteiger partial charge is 0.0869 e. The van der Waals surface area contributed by atoms with E-state index in [1.54, 1.807) is 0 Å². The van der Waals surface area contributed by atoms with E-state index in [-0.39, 0.29) is 6.04 Å². The molecule has 0 spiro atoms. The van der Waals surface area contributed by atoms with E-state index in [2.05, 4.69) is 6.92 Å². The Kier molecular flexibility index (Phi) is 2.86. The molecule has 3 atom stereocenters. The van der Waals surface area contributed by atoms with E-state index in [0.29, 0.717) is 10.9 Å². The van der Waals surface area contributed by atoms with Crippen LogP contribution in [0.3, 0.4) is 0 Å². The second kappa shape index (κ2) is 3.79. The van der Waals surface area contributed by atoms with Gasteiger partial charge in [-0.25, -0.2) is 0 Å². The van der Waals surface area contributed by atoms with Gasteiger partial charge in [-0.3, -0.25) is 0 Å². The molecule has 0 saturated carbocycles. The van der Waals surface area contributed by atoms with Crippen molar-refractivity contribution in [1.82, 2.24) is 0 Å². The van der Waals surface area contributed by atoms with Gasteiger partial charge in [0.05, 0.1) is 6.10 Å². The highest BCUT2D eigenvalue weighted by molar-refractivity contribution is 8.00. The Bertz CT molecular complexity index is 180. The van der Waals surface area contributed by atoms with Crippen LogP contribution in [0.15, 0.2) is 0 Å². The van der Waals surface area contributed by atoms with Gasteiger partial charge in [0, 0.05) is 17.4 Å². The van der Waals surface area contributed by atoms with Crippen molar-refractivity contribution < 1.29 is 4.74 Å². The third-order valence-electron chi connectivity index (χ3n) is 3.22. The predicted molar refractivity (Wildman–Crippen MR) is 57.0 cm³/mol. The molecule has 0 radical (unpaired) electrons. The molecule has 0 aromatic rings. The van der Waals surface area contributed by atoms with Crippen molar-refractivity contribution in [2.24, 2.45) is 5.73 Å². The van der Waals surface area contributed by atoms with Gasteiger partial charge in [-0.15, -0.1) is 0 Å². The van der Waals surface area contributed by atoms with Crippen molar-refractivity contribution in [3.05, 3.63) is 0 Å². The summed E-state index contributed by atoms with van der Waals surface area (Å²) in [7, 11) is 0. The maximum Gasteiger partial charge on any atom is 0.0869 e. The molecular weight excluding hydrogens is 182 g/mol. The first-order valence-electron chi connectivity index (χ1n) is 5.23. The molecule has 0 aromatic carbocycles. The molecule has 2 nitrogen and oxygen atoms in total. The molecule has 2 aliphatic heterocycles. The molecule has 3 unspecified atom stereocenters. The summed E-state index contributed by atoms with van der Waals surface area (Å²) in [5.41, 5.74) is 6.11. The van der Waals surface area contributed by atoms with Crippen LogP contribution in [-0.4, -0.2) is 29.3 Å². The van der Waals surface area contributed by atoms with Crippen LogP contribution in [0.25, 0.3) is 0 Å². The Morgan fingerprint density at radius 2 is 2.31 bits per heavy atom. The van der Waals surface area contributed by atoms with Crippen LogP contribution in [-0.2, 0) is 4.74 Å². The lowest BCUT2D eigenvalue weighted by molar-refractivity contribution is -0.0193. The fourth-order valence-corrected chi connectivity index (χ4v) is 3.91. The van der Waals surface area contributed by atoms with Gasteiger partial charge in [-0.1, -0.05) is 0 Å². The van der Waals surface area contributed by atoms with Gasteiger partial charge >= 0.3 is 0 Å². The van der Waals surface area contributed by atoms with Crippen LogP contribution in [0.2, 0.25) is 0 Å². The monoisotopic (exact) mass is 201 g/mol. The highest BCUT2D eigenvalue weighted by atomic mass is 32.2. The minimum Gasteiger partial charge on any atom is -0.375 e. The van der Waals surface area contributed by atoms with Crippen LogP contribution in [0.1, 0.15) is 32.6 Å². The third-order valence-corrected chi connectivity index (χ3v) is 4.81. The normalized spacial score (nSPS) is 46.6. The molecule has 3 heteroatoms. The Balaban J connectivity index is 2.04. The first-order chi connectivity index (χ1) is 6.22. The highest BCUT2D eigenvalue weighted by Crippen LogP contribution is 2.43. The van der Waals surface area contributed by atoms with E-state index in [0.717, 1.165) is 19.4 Å².